The fraction of sp³-hybridized carbons (Fsp3) is 0.258. The van der Waals surface area contributed by atoms with E-state index in [0.29, 0.717) is 16.7 Å². The molecule has 3 unspecified atom stereocenters. The minimum atomic E-state index is -1.24. The van der Waals surface area contributed by atoms with Crippen LogP contribution < -0.4 is 10.6 Å². The molecule has 0 saturated carbocycles. The van der Waals surface area contributed by atoms with E-state index < -0.39 is 47.1 Å². The molecule has 11 heteroatoms. The fourth-order valence-corrected chi connectivity index (χ4v) is 6.73. The molecule has 0 fully saturated rings. The Morgan fingerprint density at radius 2 is 1.83 bits per heavy atom. The number of Topliss-reactive ketones (excluding diaryl/α,β-unsaturated/α-hetero) is 1. The number of allylic oxidation sites excluding steroid dienone is 2. The van der Waals surface area contributed by atoms with Crippen LogP contribution in [0.25, 0.3) is 0 Å². The van der Waals surface area contributed by atoms with E-state index in [4.69, 9.17) is 26.8 Å². The van der Waals surface area contributed by atoms with E-state index in [2.05, 4.69) is 0 Å². The SMILES string of the molecule is CCOC(=O)C1=C(N)N(c2ccc(F)cc2F)C2=C(C(=O)C(C(=O)OCC)C(c3cccs3)C2)C1c1cccc(Cl)c1. The third kappa shape index (κ3) is 5.20. The number of nitrogens with two attached hydrogens (primary N) is 1. The highest BCUT2D eigenvalue weighted by Crippen LogP contribution is 2.52. The molecule has 218 valence electrons. The summed E-state index contributed by atoms with van der Waals surface area (Å²) in [5.74, 6) is -7.10. The second-order valence-electron chi connectivity index (χ2n) is 9.72. The predicted octanol–water partition coefficient (Wildman–Crippen LogP) is 6.21. The van der Waals surface area contributed by atoms with Crippen molar-refractivity contribution in [3.05, 3.63) is 110 Å². The second kappa shape index (κ2) is 12.1. The molecule has 2 aromatic carbocycles. The number of halogens is 3. The molecule has 0 saturated heterocycles. The first-order chi connectivity index (χ1) is 20.2. The van der Waals surface area contributed by atoms with Gasteiger partial charge in [-0.2, -0.15) is 0 Å². The summed E-state index contributed by atoms with van der Waals surface area (Å²) in [7, 11) is 0. The molecule has 2 aliphatic rings. The van der Waals surface area contributed by atoms with E-state index in [-0.39, 0.29) is 48.0 Å². The van der Waals surface area contributed by atoms with Gasteiger partial charge in [-0.05, 0) is 61.5 Å². The van der Waals surface area contributed by atoms with E-state index in [1.807, 2.05) is 11.4 Å². The first-order valence-corrected chi connectivity index (χ1v) is 14.6. The molecule has 42 heavy (non-hydrogen) atoms. The first kappa shape index (κ1) is 29.5. The summed E-state index contributed by atoms with van der Waals surface area (Å²) in [4.78, 5) is 43.5. The number of hydrogen-bond donors (Lipinski definition) is 1. The molecule has 7 nitrogen and oxygen atoms in total. The second-order valence-corrected chi connectivity index (χ2v) is 11.1. The largest absolute Gasteiger partial charge is 0.465 e. The van der Waals surface area contributed by atoms with Gasteiger partial charge in [-0.25, -0.2) is 13.6 Å². The van der Waals surface area contributed by atoms with Crippen LogP contribution in [0.1, 0.15) is 42.5 Å². The Bertz CT molecular complexity index is 1620. The molecular formula is C31H27ClF2N2O5S. The van der Waals surface area contributed by atoms with Crippen molar-refractivity contribution in [1.82, 2.24) is 0 Å². The number of carbonyl (C=O) groups is 3. The summed E-state index contributed by atoms with van der Waals surface area (Å²) < 4.78 is 40.1. The normalized spacial score (nSPS) is 20.5. The number of ketones is 1. The molecule has 1 aromatic heterocycles. The average Bonchev–Trinajstić information content (AvgIpc) is 3.48. The highest BCUT2D eigenvalue weighted by Gasteiger charge is 2.52. The molecule has 0 amide bonds. The summed E-state index contributed by atoms with van der Waals surface area (Å²) in [6.45, 7) is 3.31. The van der Waals surface area contributed by atoms with Gasteiger partial charge < -0.3 is 15.2 Å². The molecule has 2 N–H and O–H groups in total. The van der Waals surface area contributed by atoms with E-state index in [0.717, 1.165) is 10.9 Å². The van der Waals surface area contributed by atoms with Crippen molar-refractivity contribution in [3.63, 3.8) is 0 Å². The molecule has 1 aliphatic heterocycles. The maximum atomic E-state index is 15.4. The Balaban J connectivity index is 1.84. The van der Waals surface area contributed by atoms with Crippen LogP contribution in [-0.2, 0) is 23.9 Å². The van der Waals surface area contributed by atoms with E-state index in [9.17, 15) is 18.8 Å². The molecule has 0 radical (unpaired) electrons. The first-order valence-electron chi connectivity index (χ1n) is 13.3. The Hall–Kier alpha value is -4.02. The highest BCUT2D eigenvalue weighted by molar-refractivity contribution is 7.10. The van der Waals surface area contributed by atoms with Crippen LogP contribution in [0.15, 0.2) is 82.6 Å². The molecule has 5 rings (SSSR count). The van der Waals surface area contributed by atoms with E-state index in [1.54, 1.807) is 44.2 Å². The van der Waals surface area contributed by atoms with Crippen molar-refractivity contribution < 1.29 is 32.6 Å². The van der Waals surface area contributed by atoms with Gasteiger partial charge in [0.15, 0.2) is 5.78 Å². The van der Waals surface area contributed by atoms with Crippen molar-refractivity contribution in [3.8, 4) is 0 Å². The van der Waals surface area contributed by atoms with E-state index >= 15 is 4.39 Å². The van der Waals surface area contributed by atoms with Gasteiger partial charge in [-0.15, -0.1) is 11.3 Å². The van der Waals surface area contributed by atoms with Gasteiger partial charge >= 0.3 is 11.9 Å². The lowest BCUT2D eigenvalue weighted by atomic mass is 9.68. The van der Waals surface area contributed by atoms with Crippen molar-refractivity contribution in [2.24, 2.45) is 11.7 Å². The van der Waals surface area contributed by atoms with Crippen molar-refractivity contribution >= 4 is 46.3 Å². The van der Waals surface area contributed by atoms with Crippen LogP contribution in [0.5, 0.6) is 0 Å². The summed E-state index contributed by atoms with van der Waals surface area (Å²) in [5, 5.41) is 2.16. The van der Waals surface area contributed by atoms with Gasteiger partial charge in [0.2, 0.25) is 0 Å². The fourth-order valence-electron chi connectivity index (χ4n) is 5.67. The zero-order valence-corrected chi connectivity index (χ0v) is 24.3. The molecule has 1 aliphatic carbocycles. The number of rotatable bonds is 7. The topological polar surface area (TPSA) is 98.9 Å². The molecule has 3 atom stereocenters. The zero-order valence-electron chi connectivity index (χ0n) is 22.7. The van der Waals surface area contributed by atoms with Crippen molar-refractivity contribution in [2.75, 3.05) is 18.1 Å². The number of benzene rings is 2. The number of ether oxygens (including phenoxy) is 2. The van der Waals surface area contributed by atoms with E-state index in [1.165, 1.54) is 22.3 Å². The Morgan fingerprint density at radius 3 is 2.48 bits per heavy atom. The zero-order chi connectivity index (χ0) is 30.1. The lowest BCUT2D eigenvalue weighted by molar-refractivity contribution is -0.152. The maximum absolute atomic E-state index is 15.4. The summed E-state index contributed by atoms with van der Waals surface area (Å²) in [6.07, 6.45) is 0.0652. The predicted molar refractivity (Wildman–Crippen MR) is 155 cm³/mol. The van der Waals surface area contributed by atoms with Gasteiger partial charge in [-0.1, -0.05) is 29.8 Å². The van der Waals surface area contributed by atoms with Gasteiger partial charge in [0.25, 0.3) is 0 Å². The molecule has 0 spiro atoms. The van der Waals surface area contributed by atoms with Crippen LogP contribution in [0.3, 0.4) is 0 Å². The van der Waals surface area contributed by atoms with Crippen LogP contribution in [0.2, 0.25) is 5.02 Å². The number of carbonyl (C=O) groups excluding carboxylic acids is 3. The number of anilines is 1. The number of nitrogens with zero attached hydrogens (tertiary/aromatic N) is 1. The number of hydrogen-bond acceptors (Lipinski definition) is 8. The van der Waals surface area contributed by atoms with Crippen molar-refractivity contribution in [1.29, 1.82) is 0 Å². The van der Waals surface area contributed by atoms with Crippen LogP contribution >= 0.6 is 22.9 Å². The molecule has 3 aromatic rings. The van der Waals surface area contributed by atoms with Crippen LogP contribution in [0, 0.1) is 17.6 Å². The van der Waals surface area contributed by atoms with Crippen LogP contribution in [-0.4, -0.2) is 30.9 Å². The quantitative estimate of drug-likeness (QED) is 0.250. The number of thiophene rings is 1. The highest BCUT2D eigenvalue weighted by atomic mass is 35.5. The minimum Gasteiger partial charge on any atom is -0.465 e. The summed E-state index contributed by atoms with van der Waals surface area (Å²) in [5.41, 5.74) is 7.18. The smallest absolute Gasteiger partial charge is 0.338 e. The standard InChI is InChI=1S/C31H27ClF2N2O5S/c1-3-40-30(38)25-19(23-9-6-12-42-23)15-22-26(28(25)37)24(16-7-5-8-17(32)13-16)27(31(39)41-4-2)29(35)36(22)21-11-10-18(33)14-20(21)34/h5-14,19,24-25H,3-4,15,35H2,1-2H3. The Morgan fingerprint density at radius 1 is 1.07 bits per heavy atom. The maximum Gasteiger partial charge on any atom is 0.338 e. The van der Waals surface area contributed by atoms with Crippen molar-refractivity contribution in [2.45, 2.75) is 32.1 Å². The minimum absolute atomic E-state index is 0.00541. The Kier molecular flexibility index (Phi) is 8.47. The molecule has 0 bridgehead atoms. The average molecular weight is 613 g/mol. The lowest BCUT2D eigenvalue weighted by Gasteiger charge is -2.43. The van der Waals surface area contributed by atoms with Gasteiger partial charge in [0, 0.05) is 33.2 Å². The van der Waals surface area contributed by atoms with Gasteiger partial charge in [-0.3, -0.25) is 14.5 Å². The third-order valence-corrected chi connectivity index (χ3v) is 8.56. The van der Waals surface area contributed by atoms with Crippen LogP contribution in [0.4, 0.5) is 14.5 Å². The number of esters is 2. The monoisotopic (exact) mass is 612 g/mol. The summed E-state index contributed by atoms with van der Waals surface area (Å²) >= 11 is 7.70. The molecule has 2 heterocycles. The lowest BCUT2D eigenvalue weighted by Crippen LogP contribution is -2.46. The van der Waals surface area contributed by atoms with Gasteiger partial charge in [0.05, 0.1) is 30.4 Å². The van der Waals surface area contributed by atoms with Gasteiger partial charge in [0.1, 0.15) is 23.4 Å². The Labute approximate surface area is 250 Å². The molecular weight excluding hydrogens is 586 g/mol. The third-order valence-electron chi connectivity index (χ3n) is 7.32. The summed E-state index contributed by atoms with van der Waals surface area (Å²) in [6, 6.07) is 13.1.